The highest BCUT2D eigenvalue weighted by atomic mass is 28.3. The molecule has 0 nitrogen and oxygen atoms in total. The highest BCUT2D eigenvalue weighted by molar-refractivity contribution is 6.95. The van der Waals surface area contributed by atoms with Gasteiger partial charge in [-0.1, -0.05) is 71.0 Å². The highest BCUT2D eigenvalue weighted by Crippen LogP contribution is 2.14. The second kappa shape index (κ2) is 8.71. The molecule has 0 bridgehead atoms. The number of rotatable bonds is 6. The normalized spacial score (nSPS) is 11.2. The Morgan fingerprint density at radius 1 is 0.556 bits per heavy atom. The topological polar surface area (TPSA) is 0 Å². The Hall–Kier alpha value is -2.12. The molecular formula is C26H31Si+. The van der Waals surface area contributed by atoms with E-state index in [2.05, 4.69) is 107 Å². The summed E-state index contributed by atoms with van der Waals surface area (Å²) < 4.78 is 0. The van der Waals surface area contributed by atoms with Crippen LogP contribution >= 0.6 is 0 Å². The van der Waals surface area contributed by atoms with E-state index in [-0.39, 0.29) is 0 Å². The maximum atomic E-state index is 2.35. The predicted octanol–water partition coefficient (Wildman–Crippen LogP) is 5.01. The van der Waals surface area contributed by atoms with Crippen LogP contribution < -0.4 is 15.6 Å². The zero-order valence-corrected chi connectivity index (χ0v) is 18.3. The summed E-state index contributed by atoms with van der Waals surface area (Å²) in [7, 11) is -0.986. The fourth-order valence-electron chi connectivity index (χ4n) is 3.48. The summed E-state index contributed by atoms with van der Waals surface area (Å²) >= 11 is 0. The van der Waals surface area contributed by atoms with Gasteiger partial charge in [0.1, 0.15) is 15.6 Å². The van der Waals surface area contributed by atoms with Crippen LogP contribution in [-0.4, -0.2) is 8.80 Å². The smallest absolute Gasteiger partial charge is 0.0613 e. The van der Waals surface area contributed by atoms with Gasteiger partial charge in [0.25, 0.3) is 0 Å². The molecule has 0 aromatic heterocycles. The summed E-state index contributed by atoms with van der Waals surface area (Å²) in [5.41, 5.74) is 4.23. The molecule has 0 spiro atoms. The fourth-order valence-corrected chi connectivity index (χ4v) is 5.98. The van der Waals surface area contributed by atoms with E-state index in [1.165, 1.54) is 32.3 Å². The van der Waals surface area contributed by atoms with Crippen molar-refractivity contribution >= 4 is 24.4 Å². The second-order valence-corrected chi connectivity index (χ2v) is 10.5. The minimum Gasteiger partial charge on any atom is -0.0613 e. The molecule has 0 fully saturated rings. The van der Waals surface area contributed by atoms with Crippen molar-refractivity contribution < 1.29 is 0 Å². The lowest BCUT2D eigenvalue weighted by molar-refractivity contribution is 0.867. The van der Waals surface area contributed by atoms with Crippen molar-refractivity contribution in [3.05, 3.63) is 89.5 Å². The van der Waals surface area contributed by atoms with Gasteiger partial charge in [0.15, 0.2) is 0 Å². The average molecular weight is 372 g/mol. The molecule has 0 N–H and O–H groups in total. The van der Waals surface area contributed by atoms with Gasteiger partial charge in [-0.2, -0.15) is 0 Å². The van der Waals surface area contributed by atoms with Crippen molar-refractivity contribution in [1.82, 2.24) is 0 Å². The van der Waals surface area contributed by atoms with Gasteiger partial charge in [-0.25, -0.2) is 0 Å². The number of benzene rings is 3. The maximum absolute atomic E-state index is 2.35. The third-order valence-electron chi connectivity index (χ3n) is 5.38. The van der Waals surface area contributed by atoms with Crippen LogP contribution in [0.2, 0.25) is 0 Å². The predicted molar refractivity (Wildman–Crippen MR) is 122 cm³/mol. The summed E-state index contributed by atoms with van der Waals surface area (Å²) in [6, 6.07) is 28.0. The third-order valence-corrected chi connectivity index (χ3v) is 8.11. The molecule has 0 atom stereocenters. The first-order valence-electron chi connectivity index (χ1n) is 10.2. The molecule has 0 aliphatic carbocycles. The summed E-state index contributed by atoms with van der Waals surface area (Å²) in [5, 5.41) is 4.39. The standard InChI is InChI=1S/C26H31Si/c1-6-21-7-13-24(14-8-21)27(25-15-9-22(10-16-25)19(2)3)26-17-11-23(12-18-26)20(4)5/h7-20H,6H2,1-5H3/q+1. The van der Waals surface area contributed by atoms with Crippen molar-refractivity contribution in [2.75, 3.05) is 0 Å². The zero-order valence-electron chi connectivity index (χ0n) is 17.3. The van der Waals surface area contributed by atoms with Gasteiger partial charge in [0.2, 0.25) is 0 Å². The van der Waals surface area contributed by atoms with Crippen LogP contribution in [0.1, 0.15) is 63.1 Å². The SMILES string of the molecule is CCc1ccc([Si+](c2ccc(C(C)C)cc2)c2ccc(C(C)C)cc2)cc1. The van der Waals surface area contributed by atoms with Crippen molar-refractivity contribution in [1.29, 1.82) is 0 Å². The highest BCUT2D eigenvalue weighted by Gasteiger charge is 2.36. The molecule has 0 heterocycles. The minimum absolute atomic E-state index is 0.573. The molecular weight excluding hydrogens is 340 g/mol. The molecule has 3 aromatic rings. The lowest BCUT2D eigenvalue weighted by Crippen LogP contribution is -2.52. The Balaban J connectivity index is 2.04. The van der Waals surface area contributed by atoms with Crippen LogP contribution in [0.3, 0.4) is 0 Å². The summed E-state index contributed by atoms with van der Waals surface area (Å²) in [6.45, 7) is 11.3. The number of hydrogen-bond donors (Lipinski definition) is 0. The number of hydrogen-bond acceptors (Lipinski definition) is 0. The molecule has 0 aliphatic rings. The van der Waals surface area contributed by atoms with E-state index in [4.69, 9.17) is 0 Å². The van der Waals surface area contributed by atoms with E-state index in [1.807, 2.05) is 0 Å². The molecule has 0 unspecified atom stereocenters. The quantitative estimate of drug-likeness (QED) is 0.422. The van der Waals surface area contributed by atoms with Gasteiger partial charge in [-0.05, 0) is 71.3 Å². The van der Waals surface area contributed by atoms with Gasteiger partial charge in [-0.3, -0.25) is 0 Å². The fraction of sp³-hybridized carbons (Fsp3) is 0.308. The van der Waals surface area contributed by atoms with E-state index < -0.39 is 8.80 Å². The molecule has 0 saturated carbocycles. The third kappa shape index (κ3) is 4.59. The second-order valence-electron chi connectivity index (χ2n) is 7.98. The molecule has 0 aliphatic heterocycles. The molecule has 3 rings (SSSR count). The lowest BCUT2D eigenvalue weighted by atomic mass is 10.0. The Morgan fingerprint density at radius 3 is 1.19 bits per heavy atom. The van der Waals surface area contributed by atoms with Crippen molar-refractivity contribution in [3.8, 4) is 0 Å². The van der Waals surface area contributed by atoms with E-state index >= 15 is 0 Å². The zero-order chi connectivity index (χ0) is 19.4. The molecule has 0 saturated heterocycles. The monoisotopic (exact) mass is 371 g/mol. The van der Waals surface area contributed by atoms with E-state index in [1.54, 1.807) is 0 Å². The van der Waals surface area contributed by atoms with Crippen LogP contribution in [0.15, 0.2) is 72.8 Å². The molecule has 3 aromatic carbocycles. The molecule has 0 amide bonds. The molecule has 0 radical (unpaired) electrons. The van der Waals surface area contributed by atoms with Crippen LogP contribution in [-0.2, 0) is 6.42 Å². The van der Waals surface area contributed by atoms with E-state index in [0.29, 0.717) is 11.8 Å². The minimum atomic E-state index is -0.986. The largest absolute Gasteiger partial charge is 0.428 e. The summed E-state index contributed by atoms with van der Waals surface area (Å²) in [4.78, 5) is 0. The first-order valence-corrected chi connectivity index (χ1v) is 11.7. The Kier molecular flexibility index (Phi) is 6.33. The van der Waals surface area contributed by atoms with Gasteiger partial charge >= 0.3 is 8.80 Å². The molecule has 27 heavy (non-hydrogen) atoms. The lowest BCUT2D eigenvalue weighted by Gasteiger charge is -2.09. The molecule has 1 heteroatoms. The van der Waals surface area contributed by atoms with Crippen LogP contribution in [0.4, 0.5) is 0 Å². The number of aryl methyl sites for hydroxylation is 1. The first kappa shape index (κ1) is 19.6. The molecule has 138 valence electrons. The maximum Gasteiger partial charge on any atom is 0.428 e. The Bertz CT molecular complexity index is 789. The summed E-state index contributed by atoms with van der Waals surface area (Å²) in [6.07, 6.45) is 1.09. The van der Waals surface area contributed by atoms with Gasteiger partial charge in [0, 0.05) is 0 Å². The van der Waals surface area contributed by atoms with Gasteiger partial charge in [0.05, 0.1) is 0 Å². The van der Waals surface area contributed by atoms with Crippen molar-refractivity contribution in [2.24, 2.45) is 0 Å². The van der Waals surface area contributed by atoms with Crippen LogP contribution in [0.5, 0.6) is 0 Å². The van der Waals surface area contributed by atoms with Crippen LogP contribution in [0.25, 0.3) is 0 Å². The first-order chi connectivity index (χ1) is 13.0. The average Bonchev–Trinajstić information content (AvgIpc) is 2.69. The van der Waals surface area contributed by atoms with Crippen LogP contribution in [0, 0.1) is 0 Å². The van der Waals surface area contributed by atoms with Gasteiger partial charge < -0.3 is 0 Å². The Labute approximate surface area is 166 Å². The van der Waals surface area contributed by atoms with E-state index in [0.717, 1.165) is 6.42 Å². The Morgan fingerprint density at radius 2 is 0.889 bits per heavy atom. The van der Waals surface area contributed by atoms with Gasteiger partial charge in [-0.15, -0.1) is 0 Å². The van der Waals surface area contributed by atoms with Crippen molar-refractivity contribution in [3.63, 3.8) is 0 Å². The van der Waals surface area contributed by atoms with E-state index in [9.17, 15) is 0 Å². The van der Waals surface area contributed by atoms with Crippen molar-refractivity contribution in [2.45, 2.75) is 52.9 Å². The summed E-state index contributed by atoms with van der Waals surface area (Å²) in [5.74, 6) is 1.15.